The van der Waals surface area contributed by atoms with Gasteiger partial charge in [-0.1, -0.05) is 116 Å². The Morgan fingerprint density at radius 1 is 0.327 bits per heavy atom. The van der Waals surface area contributed by atoms with Crippen molar-refractivity contribution in [2.75, 3.05) is 26.4 Å². The lowest BCUT2D eigenvalue weighted by Gasteiger charge is -2.61. The molecule has 10 rings (SSSR count). The van der Waals surface area contributed by atoms with Crippen molar-refractivity contribution >= 4 is 47.8 Å². The Labute approximate surface area is 617 Å². The normalized spacial score (nSPS) is 24.7. The zero-order chi connectivity index (χ0) is 77.8. The van der Waals surface area contributed by atoms with Crippen LogP contribution in [0.4, 0.5) is 0 Å². The van der Waals surface area contributed by atoms with Crippen LogP contribution >= 0.6 is 0 Å². The molecule has 0 saturated heterocycles. The molecule has 0 radical (unpaired) electrons. The van der Waals surface area contributed by atoms with E-state index < -0.39 is 62.0 Å². The fraction of sp³-hybridized carbons (Fsp3) is 0.906. The van der Waals surface area contributed by atoms with Crippen molar-refractivity contribution < 1.29 is 76.3 Å². The van der Waals surface area contributed by atoms with E-state index >= 15 is 0 Å². The molecule has 0 aromatic rings. The molecule has 16 nitrogen and oxygen atoms in total. The van der Waals surface area contributed by atoms with Gasteiger partial charge in [0.05, 0.1) is 28.3 Å². The van der Waals surface area contributed by atoms with Gasteiger partial charge in [-0.3, -0.25) is 24.0 Å². The Bertz CT molecular complexity index is 2450. The van der Waals surface area contributed by atoms with Gasteiger partial charge in [0.2, 0.25) is 0 Å². The van der Waals surface area contributed by atoms with E-state index in [1.165, 1.54) is 103 Å². The Morgan fingerprint density at radius 3 is 0.871 bits per heavy atom. The molecule has 590 valence electrons. The molecular formula is C85H154O16. The first kappa shape index (κ1) is 94.8. The highest BCUT2D eigenvalue weighted by atomic mass is 16.6. The van der Waals surface area contributed by atoms with Crippen LogP contribution in [0.15, 0.2) is 0 Å². The van der Waals surface area contributed by atoms with Gasteiger partial charge < -0.3 is 37.9 Å². The Kier molecular flexibility index (Phi) is 39.6. The lowest BCUT2D eigenvalue weighted by Crippen LogP contribution is -2.57. The van der Waals surface area contributed by atoms with Crippen molar-refractivity contribution in [2.24, 2.45) is 79.8 Å². The predicted molar refractivity (Wildman–Crippen MR) is 405 cm³/mol. The van der Waals surface area contributed by atoms with Crippen molar-refractivity contribution in [2.45, 2.75) is 390 Å². The van der Waals surface area contributed by atoms with E-state index in [4.69, 9.17) is 37.9 Å². The monoisotopic (exact) mass is 1430 g/mol. The van der Waals surface area contributed by atoms with Gasteiger partial charge >= 0.3 is 47.8 Å². The smallest absolute Gasteiger partial charge is 0.344 e. The largest absolute Gasteiger partial charge is 0.465 e. The number of carbonyl (C=O) groups is 8. The van der Waals surface area contributed by atoms with Gasteiger partial charge in [-0.25, -0.2) is 14.4 Å². The van der Waals surface area contributed by atoms with Crippen molar-refractivity contribution in [3.05, 3.63) is 0 Å². The molecule has 0 aromatic heterocycles. The first-order valence-electron chi connectivity index (χ1n) is 40.6. The van der Waals surface area contributed by atoms with E-state index in [1.807, 2.05) is 166 Å². The molecular weight excluding hydrogens is 1280 g/mol. The number of carbonyl (C=O) groups excluding carboxylic acids is 8. The second-order valence-corrected chi connectivity index (χ2v) is 34.5. The third-order valence-electron chi connectivity index (χ3n) is 24.8. The van der Waals surface area contributed by atoms with Crippen LogP contribution in [0.1, 0.15) is 367 Å². The molecule has 10 aliphatic rings. The van der Waals surface area contributed by atoms with Crippen LogP contribution in [0.25, 0.3) is 0 Å². The van der Waals surface area contributed by atoms with Crippen LogP contribution in [0, 0.1) is 79.8 Å². The molecule has 8 bridgehead atoms. The third kappa shape index (κ3) is 27.6. The minimum atomic E-state index is -0.560. The van der Waals surface area contributed by atoms with Gasteiger partial charge in [0.1, 0.15) is 22.4 Å². The molecule has 1 atom stereocenters. The van der Waals surface area contributed by atoms with Gasteiger partial charge in [0.25, 0.3) is 0 Å². The Balaban J connectivity index is 0.000000655. The molecule has 16 heteroatoms. The summed E-state index contributed by atoms with van der Waals surface area (Å²) < 4.78 is 43.8. The van der Waals surface area contributed by atoms with Crippen molar-refractivity contribution in [3.8, 4) is 0 Å². The molecule has 0 aromatic carbocycles. The summed E-state index contributed by atoms with van der Waals surface area (Å²) >= 11 is 0. The van der Waals surface area contributed by atoms with Gasteiger partial charge in [0.15, 0.2) is 19.8 Å². The lowest BCUT2D eigenvalue weighted by molar-refractivity contribution is -0.203. The summed E-state index contributed by atoms with van der Waals surface area (Å²) in [6.07, 6.45) is 29.1. The number of hydrogen-bond acceptors (Lipinski definition) is 16. The molecule has 10 saturated carbocycles. The van der Waals surface area contributed by atoms with Gasteiger partial charge in [0, 0.05) is 17.3 Å². The maximum atomic E-state index is 12.5. The van der Waals surface area contributed by atoms with E-state index in [1.54, 1.807) is 0 Å². The minimum absolute atomic E-state index is 0.115. The van der Waals surface area contributed by atoms with Crippen molar-refractivity contribution in [3.63, 3.8) is 0 Å². The molecule has 0 N–H and O–H groups in total. The second-order valence-electron chi connectivity index (χ2n) is 34.5. The number of rotatable bonds is 27. The second kappa shape index (κ2) is 42.2. The molecule has 1 unspecified atom stereocenters. The molecule has 10 fully saturated rings. The summed E-state index contributed by atoms with van der Waals surface area (Å²) in [4.78, 5) is 96.4. The standard InChI is InChI=1S/C23H38O4.C21H34O4.C17H30O4.C16H28O4.4C2H6/c1-6-21(2,3)20(25)26-9-7-8-19(24)27-22(4,5)23-13-16-10-17(14-23)12-18(11-16)15-23;1-6-19(2,3)18(23)24-13-17(22)25-20(4,5)21-10-14-7-15(11-21)9-16(8-14)12-21;1-6-16(3,4)15(19)20-12-14(18)21-17(5,7-2)13-10-8-9-11-13;1-6-15(2,3)14(18)19-11-13(17)20-16(4,5)12-9-7-8-10-12;4*1-2/h16-18H,6-15H2,1-5H3;14-16H,6-13H2,1-5H3;13H,6-12H2,1-5H3;12H,6-11H2,1-5H3;4*1-2H3. The van der Waals surface area contributed by atoms with Crippen molar-refractivity contribution in [1.82, 2.24) is 0 Å². The van der Waals surface area contributed by atoms with E-state index in [-0.39, 0.29) is 67.1 Å². The summed E-state index contributed by atoms with van der Waals surface area (Å²) in [6, 6.07) is 0. The van der Waals surface area contributed by atoms with Crippen LogP contribution in [-0.2, 0) is 76.3 Å². The minimum Gasteiger partial charge on any atom is -0.465 e. The number of esters is 8. The van der Waals surface area contributed by atoms with E-state index in [0.717, 1.165) is 74.0 Å². The highest BCUT2D eigenvalue weighted by molar-refractivity contribution is 5.81. The quantitative estimate of drug-likeness (QED) is 0.0425. The molecule has 0 spiro atoms. The molecule has 0 amide bonds. The summed E-state index contributed by atoms with van der Waals surface area (Å²) in [5.74, 6) is 3.12. The van der Waals surface area contributed by atoms with Gasteiger partial charge in [-0.15, -0.1) is 0 Å². The first-order chi connectivity index (χ1) is 47.1. The fourth-order valence-electron chi connectivity index (χ4n) is 17.0. The van der Waals surface area contributed by atoms with Gasteiger partial charge in [-0.05, 0) is 292 Å². The first-order valence-corrected chi connectivity index (χ1v) is 40.6. The topological polar surface area (TPSA) is 210 Å². The number of hydrogen-bond donors (Lipinski definition) is 0. The number of ether oxygens (including phenoxy) is 8. The lowest BCUT2D eigenvalue weighted by atomic mass is 9.46. The SMILES string of the molecule is CC.CC.CC.CC.CCC(C)(C)C(=O)OCC(=O)OC(C)(C)C12CC3CC(CC(C3)C1)C2.CCC(C)(C)C(=O)OCC(=O)OC(C)(C)C1CCCC1.CCC(C)(C)C(=O)OCC(=O)OC(C)(CC)C1CCCC1.CCC(C)(C)C(=O)OCCCC(=O)OC(C)(C)C12CC3CC(CC(C3)C1)C2. The van der Waals surface area contributed by atoms with E-state index in [2.05, 4.69) is 27.7 Å². The zero-order valence-electron chi connectivity index (χ0n) is 70.1. The third-order valence-corrected chi connectivity index (χ3v) is 24.8. The average molecular weight is 1430 g/mol. The molecule has 10 aliphatic carbocycles. The fourth-order valence-corrected chi connectivity index (χ4v) is 17.0. The predicted octanol–water partition coefficient (Wildman–Crippen LogP) is 21.2. The van der Waals surface area contributed by atoms with Crippen LogP contribution in [0.5, 0.6) is 0 Å². The Hall–Kier alpha value is -4.24. The molecule has 101 heavy (non-hydrogen) atoms. The summed E-state index contributed by atoms with van der Waals surface area (Å²) in [5, 5.41) is 0. The van der Waals surface area contributed by atoms with Crippen LogP contribution in [-0.4, -0.2) is 96.6 Å². The highest BCUT2D eigenvalue weighted by Crippen LogP contribution is 2.66. The van der Waals surface area contributed by atoms with Crippen LogP contribution in [0.2, 0.25) is 0 Å². The van der Waals surface area contributed by atoms with E-state index in [0.29, 0.717) is 43.9 Å². The molecule has 0 heterocycles. The van der Waals surface area contributed by atoms with Gasteiger partial charge in [-0.2, -0.15) is 0 Å². The van der Waals surface area contributed by atoms with Crippen LogP contribution < -0.4 is 0 Å². The average Bonchev–Trinajstić information content (AvgIpc) is 0.982. The summed E-state index contributed by atoms with van der Waals surface area (Å²) in [6.45, 7) is 54.2. The van der Waals surface area contributed by atoms with E-state index in [9.17, 15) is 38.4 Å². The maximum Gasteiger partial charge on any atom is 0.344 e. The highest BCUT2D eigenvalue weighted by Gasteiger charge is 2.60. The van der Waals surface area contributed by atoms with Crippen LogP contribution in [0.3, 0.4) is 0 Å². The maximum absolute atomic E-state index is 12.5. The summed E-state index contributed by atoms with van der Waals surface area (Å²) in [7, 11) is 0. The Morgan fingerprint density at radius 2 is 0.584 bits per heavy atom. The van der Waals surface area contributed by atoms with Crippen molar-refractivity contribution in [1.29, 1.82) is 0 Å². The summed E-state index contributed by atoms with van der Waals surface area (Å²) in [5.41, 5.74) is -3.63. The zero-order valence-corrected chi connectivity index (χ0v) is 70.1. The molecule has 0 aliphatic heterocycles.